The van der Waals surface area contributed by atoms with Gasteiger partial charge in [0.05, 0.1) is 6.61 Å². The molecule has 0 spiro atoms. The van der Waals surface area contributed by atoms with Gasteiger partial charge in [-0.15, -0.1) is 0 Å². The highest BCUT2D eigenvalue weighted by molar-refractivity contribution is 5.81. The predicted molar refractivity (Wildman–Crippen MR) is 66.3 cm³/mol. The number of carboxylic acid groups (broad SMARTS) is 1. The first-order chi connectivity index (χ1) is 8.66. The molecule has 1 atom stereocenters. The fourth-order valence-corrected chi connectivity index (χ4v) is 1.27. The number of hydrogen-bond acceptors (Lipinski definition) is 5. The first-order valence-electron chi connectivity index (χ1n) is 5.97. The summed E-state index contributed by atoms with van der Waals surface area (Å²) in [5.41, 5.74) is -0.914. The van der Waals surface area contributed by atoms with Gasteiger partial charge in [-0.25, -0.2) is 0 Å². The number of amides is 1. The molecule has 0 rings (SSSR count). The molecule has 0 bridgehead atoms. The van der Waals surface area contributed by atoms with E-state index in [1.54, 1.807) is 13.8 Å². The minimum Gasteiger partial charge on any atom is -0.481 e. The van der Waals surface area contributed by atoms with Gasteiger partial charge in [0, 0.05) is 25.3 Å². The Hall–Kier alpha value is -1.63. The molecular formula is C12H21NO6. The second-order valence-corrected chi connectivity index (χ2v) is 4.96. The Morgan fingerprint density at radius 1 is 1.32 bits per heavy atom. The van der Waals surface area contributed by atoms with E-state index in [9.17, 15) is 19.5 Å². The van der Waals surface area contributed by atoms with Gasteiger partial charge in [0.2, 0.25) is 5.91 Å². The summed E-state index contributed by atoms with van der Waals surface area (Å²) in [6, 6.07) is 0. The van der Waals surface area contributed by atoms with Gasteiger partial charge >= 0.3 is 11.9 Å². The maximum atomic E-state index is 11.6. The topological polar surface area (TPSA) is 113 Å². The molecule has 7 nitrogen and oxygen atoms in total. The zero-order valence-electron chi connectivity index (χ0n) is 11.4. The van der Waals surface area contributed by atoms with Gasteiger partial charge in [-0.2, -0.15) is 0 Å². The molecular weight excluding hydrogens is 254 g/mol. The van der Waals surface area contributed by atoms with E-state index >= 15 is 0 Å². The lowest BCUT2D eigenvalue weighted by molar-refractivity contribution is -0.151. The molecule has 1 amide bonds. The van der Waals surface area contributed by atoms with E-state index in [1.165, 1.54) is 6.92 Å². The quantitative estimate of drug-likeness (QED) is 0.422. The summed E-state index contributed by atoms with van der Waals surface area (Å²) in [6.07, 6.45) is -1.09. The minimum atomic E-state index is -1.34. The maximum absolute atomic E-state index is 11.6. The van der Waals surface area contributed by atoms with E-state index in [-0.39, 0.29) is 26.0 Å². The lowest BCUT2D eigenvalue weighted by Crippen LogP contribution is -2.46. The van der Waals surface area contributed by atoms with Crippen LogP contribution in [0, 0.1) is 5.41 Å². The molecule has 3 N–H and O–H groups in total. The summed E-state index contributed by atoms with van der Waals surface area (Å²) >= 11 is 0. The van der Waals surface area contributed by atoms with Crippen LogP contribution in [-0.2, 0) is 19.1 Å². The molecule has 0 heterocycles. The molecule has 7 heteroatoms. The van der Waals surface area contributed by atoms with Gasteiger partial charge in [-0.3, -0.25) is 14.4 Å². The second-order valence-electron chi connectivity index (χ2n) is 4.96. The van der Waals surface area contributed by atoms with E-state index < -0.39 is 29.4 Å². The molecule has 1 unspecified atom stereocenters. The number of carbonyl (C=O) groups is 3. The minimum absolute atomic E-state index is 0.0484. The van der Waals surface area contributed by atoms with Crippen LogP contribution in [0.15, 0.2) is 0 Å². The monoisotopic (exact) mass is 275 g/mol. The number of carboxylic acids is 1. The van der Waals surface area contributed by atoms with Crippen LogP contribution in [-0.4, -0.2) is 47.3 Å². The highest BCUT2D eigenvalue weighted by atomic mass is 16.5. The zero-order chi connectivity index (χ0) is 15.1. The SMILES string of the molecule is CC(=O)OCC(C)(C)C(O)C(=O)NCCCC(=O)O. The first kappa shape index (κ1) is 17.4. The Labute approximate surface area is 111 Å². The van der Waals surface area contributed by atoms with Crippen LogP contribution in [0.5, 0.6) is 0 Å². The van der Waals surface area contributed by atoms with Gasteiger partial charge in [-0.1, -0.05) is 13.8 Å². The van der Waals surface area contributed by atoms with Crippen LogP contribution in [0.2, 0.25) is 0 Å². The summed E-state index contributed by atoms with van der Waals surface area (Å²) in [5, 5.41) is 20.7. The first-order valence-corrected chi connectivity index (χ1v) is 5.97. The Bertz CT molecular complexity index is 339. The molecule has 0 aliphatic carbocycles. The van der Waals surface area contributed by atoms with Gasteiger partial charge < -0.3 is 20.3 Å². The van der Waals surface area contributed by atoms with Gasteiger partial charge in [-0.05, 0) is 6.42 Å². The summed E-state index contributed by atoms with van der Waals surface area (Å²) in [7, 11) is 0. The molecule has 0 radical (unpaired) electrons. The molecule has 0 saturated carbocycles. The number of nitrogens with one attached hydrogen (secondary N) is 1. The molecule has 0 aromatic rings. The maximum Gasteiger partial charge on any atom is 0.303 e. The number of hydrogen-bond donors (Lipinski definition) is 3. The molecule has 0 aromatic carbocycles. The Morgan fingerprint density at radius 3 is 2.37 bits per heavy atom. The van der Waals surface area contributed by atoms with Gasteiger partial charge in [0.25, 0.3) is 0 Å². The van der Waals surface area contributed by atoms with Crippen molar-refractivity contribution in [2.75, 3.05) is 13.2 Å². The summed E-state index contributed by atoms with van der Waals surface area (Å²) < 4.78 is 4.78. The largest absolute Gasteiger partial charge is 0.481 e. The van der Waals surface area contributed by atoms with Crippen LogP contribution >= 0.6 is 0 Å². The van der Waals surface area contributed by atoms with Crippen molar-refractivity contribution in [2.24, 2.45) is 5.41 Å². The number of esters is 1. The lowest BCUT2D eigenvalue weighted by atomic mass is 9.87. The normalized spacial score (nSPS) is 12.6. The van der Waals surface area contributed by atoms with E-state index in [4.69, 9.17) is 9.84 Å². The Morgan fingerprint density at radius 2 is 1.89 bits per heavy atom. The molecule has 0 fully saturated rings. The fraction of sp³-hybridized carbons (Fsp3) is 0.750. The average Bonchev–Trinajstić information content (AvgIpc) is 2.30. The third kappa shape index (κ3) is 7.40. The van der Waals surface area contributed by atoms with Gasteiger partial charge in [0.1, 0.15) is 6.10 Å². The summed E-state index contributed by atoms with van der Waals surface area (Å²) in [4.78, 5) is 32.6. The Kier molecular flexibility index (Phi) is 7.06. The predicted octanol–water partition coefficient (Wildman–Crippen LogP) is -0.0824. The highest BCUT2D eigenvalue weighted by Gasteiger charge is 2.34. The number of aliphatic hydroxyl groups is 1. The molecule has 0 aliphatic rings. The molecule has 0 aliphatic heterocycles. The lowest BCUT2D eigenvalue weighted by Gasteiger charge is -2.28. The summed E-state index contributed by atoms with van der Waals surface area (Å²) in [6.45, 7) is 4.53. The third-order valence-corrected chi connectivity index (χ3v) is 2.50. The zero-order valence-corrected chi connectivity index (χ0v) is 11.4. The van der Waals surface area contributed by atoms with Crippen molar-refractivity contribution < 1.29 is 29.3 Å². The van der Waals surface area contributed by atoms with Crippen molar-refractivity contribution in [3.63, 3.8) is 0 Å². The molecule has 0 aromatic heterocycles. The highest BCUT2D eigenvalue weighted by Crippen LogP contribution is 2.21. The smallest absolute Gasteiger partial charge is 0.303 e. The van der Waals surface area contributed by atoms with Crippen LogP contribution in [0.25, 0.3) is 0 Å². The van der Waals surface area contributed by atoms with E-state index in [0.29, 0.717) is 0 Å². The third-order valence-electron chi connectivity index (χ3n) is 2.50. The van der Waals surface area contributed by atoms with E-state index in [0.717, 1.165) is 0 Å². The van der Waals surface area contributed by atoms with E-state index in [1.807, 2.05) is 0 Å². The standard InChI is InChI=1S/C12H21NO6/c1-8(14)19-7-12(2,3)10(17)11(18)13-6-4-5-9(15)16/h10,17H,4-7H2,1-3H3,(H,13,18)(H,15,16). The van der Waals surface area contributed by atoms with Crippen molar-refractivity contribution in [3.8, 4) is 0 Å². The second kappa shape index (κ2) is 7.73. The van der Waals surface area contributed by atoms with Crippen molar-refractivity contribution in [1.29, 1.82) is 0 Å². The van der Waals surface area contributed by atoms with Crippen molar-refractivity contribution in [2.45, 2.75) is 39.7 Å². The van der Waals surface area contributed by atoms with Crippen LogP contribution < -0.4 is 5.32 Å². The number of ether oxygens (including phenoxy) is 1. The van der Waals surface area contributed by atoms with Crippen molar-refractivity contribution in [1.82, 2.24) is 5.32 Å². The van der Waals surface area contributed by atoms with Gasteiger partial charge in [0.15, 0.2) is 0 Å². The molecule has 110 valence electrons. The molecule has 19 heavy (non-hydrogen) atoms. The van der Waals surface area contributed by atoms with Crippen LogP contribution in [0.1, 0.15) is 33.6 Å². The van der Waals surface area contributed by atoms with Crippen molar-refractivity contribution in [3.05, 3.63) is 0 Å². The van der Waals surface area contributed by atoms with Crippen molar-refractivity contribution >= 4 is 17.8 Å². The molecule has 0 saturated heterocycles. The number of aliphatic carboxylic acids is 1. The summed E-state index contributed by atoms with van der Waals surface area (Å²) in [5.74, 6) is -2.03. The van der Waals surface area contributed by atoms with E-state index in [2.05, 4.69) is 5.32 Å². The number of carbonyl (C=O) groups excluding carboxylic acids is 2. The number of rotatable bonds is 8. The average molecular weight is 275 g/mol. The van der Waals surface area contributed by atoms with Crippen LogP contribution in [0.3, 0.4) is 0 Å². The fourth-order valence-electron chi connectivity index (χ4n) is 1.27. The van der Waals surface area contributed by atoms with Crippen LogP contribution in [0.4, 0.5) is 0 Å². The Balaban J connectivity index is 4.15. The number of aliphatic hydroxyl groups excluding tert-OH is 1.